The number of sulfonamides is 1. The highest BCUT2D eigenvalue weighted by Crippen LogP contribution is 2.23. The zero-order chi connectivity index (χ0) is 15.2. The van der Waals surface area contributed by atoms with Gasteiger partial charge < -0.3 is 5.32 Å². The molecule has 7 heteroatoms. The minimum Gasteiger partial charge on any atom is -0.324 e. The fraction of sp³-hybridized carbons (Fsp3) is 0.462. The van der Waals surface area contributed by atoms with Gasteiger partial charge in [0.15, 0.2) is 0 Å². The SMILES string of the molecule is CCCCS(=O)(=O)NCC(=O)Nc1ccc(C)cc1Br. The fourth-order valence-corrected chi connectivity index (χ4v) is 3.25. The molecule has 0 aliphatic heterocycles. The molecule has 0 fully saturated rings. The second-order valence-electron chi connectivity index (χ2n) is 4.53. The van der Waals surface area contributed by atoms with E-state index in [1.54, 1.807) is 6.07 Å². The van der Waals surface area contributed by atoms with E-state index >= 15 is 0 Å². The molecular weight excluding hydrogens is 344 g/mol. The monoisotopic (exact) mass is 362 g/mol. The standard InChI is InChI=1S/C13H19BrN2O3S/c1-3-4-7-20(18,19)15-9-13(17)16-12-6-5-10(2)8-11(12)14/h5-6,8,15H,3-4,7,9H2,1-2H3,(H,16,17). The molecule has 0 saturated carbocycles. The Balaban J connectivity index is 2.52. The van der Waals surface area contributed by atoms with Crippen molar-refractivity contribution in [2.24, 2.45) is 0 Å². The normalized spacial score (nSPS) is 11.3. The number of halogens is 1. The summed E-state index contributed by atoms with van der Waals surface area (Å²) in [4.78, 5) is 11.7. The molecule has 0 atom stereocenters. The van der Waals surface area contributed by atoms with Crippen LogP contribution in [0.15, 0.2) is 22.7 Å². The highest BCUT2D eigenvalue weighted by Gasteiger charge is 2.12. The van der Waals surface area contributed by atoms with E-state index in [9.17, 15) is 13.2 Å². The Bertz CT molecular complexity index is 573. The molecule has 0 unspecified atom stereocenters. The van der Waals surface area contributed by atoms with Crippen LogP contribution < -0.4 is 10.0 Å². The Hall–Kier alpha value is -0.920. The molecule has 1 amide bonds. The number of aryl methyl sites for hydroxylation is 1. The predicted octanol–water partition coefficient (Wildman–Crippen LogP) is 2.42. The summed E-state index contributed by atoms with van der Waals surface area (Å²) in [6, 6.07) is 5.51. The number of hydrogen-bond acceptors (Lipinski definition) is 3. The lowest BCUT2D eigenvalue weighted by Gasteiger charge is -2.09. The van der Waals surface area contributed by atoms with E-state index in [4.69, 9.17) is 0 Å². The number of benzene rings is 1. The molecule has 1 rings (SSSR count). The fourth-order valence-electron chi connectivity index (χ4n) is 1.50. The summed E-state index contributed by atoms with van der Waals surface area (Å²) in [5, 5.41) is 2.65. The van der Waals surface area contributed by atoms with Crippen LogP contribution in [-0.2, 0) is 14.8 Å². The number of amides is 1. The second kappa shape index (κ2) is 7.75. The topological polar surface area (TPSA) is 75.3 Å². The van der Waals surface area contributed by atoms with E-state index < -0.39 is 15.9 Å². The molecule has 0 bridgehead atoms. The third-order valence-corrected chi connectivity index (χ3v) is 4.68. The molecule has 20 heavy (non-hydrogen) atoms. The summed E-state index contributed by atoms with van der Waals surface area (Å²) in [7, 11) is -3.37. The second-order valence-corrected chi connectivity index (χ2v) is 7.31. The molecule has 0 aliphatic rings. The molecule has 0 heterocycles. The summed E-state index contributed by atoms with van der Waals surface area (Å²) in [5.74, 6) is -0.347. The van der Waals surface area contributed by atoms with Crippen molar-refractivity contribution in [2.75, 3.05) is 17.6 Å². The van der Waals surface area contributed by atoms with E-state index in [1.165, 1.54) is 0 Å². The molecule has 0 saturated heterocycles. The lowest BCUT2D eigenvalue weighted by atomic mass is 10.2. The lowest BCUT2D eigenvalue weighted by Crippen LogP contribution is -2.34. The molecule has 0 spiro atoms. The van der Waals surface area contributed by atoms with Crippen LogP contribution in [0.2, 0.25) is 0 Å². The van der Waals surface area contributed by atoms with Crippen LogP contribution in [0.5, 0.6) is 0 Å². The van der Waals surface area contributed by atoms with Gasteiger partial charge in [0.05, 0.1) is 18.0 Å². The molecule has 5 nitrogen and oxygen atoms in total. The zero-order valence-electron chi connectivity index (χ0n) is 11.6. The van der Waals surface area contributed by atoms with Crippen LogP contribution in [0.4, 0.5) is 5.69 Å². The molecule has 2 N–H and O–H groups in total. The Kier molecular flexibility index (Phi) is 6.64. The first-order valence-electron chi connectivity index (χ1n) is 6.37. The van der Waals surface area contributed by atoms with Gasteiger partial charge in [-0.2, -0.15) is 0 Å². The maximum Gasteiger partial charge on any atom is 0.239 e. The largest absolute Gasteiger partial charge is 0.324 e. The van der Waals surface area contributed by atoms with Gasteiger partial charge in [0.2, 0.25) is 15.9 Å². The number of carbonyl (C=O) groups excluding carboxylic acids is 1. The van der Waals surface area contributed by atoms with Crippen LogP contribution in [0.1, 0.15) is 25.3 Å². The minimum atomic E-state index is -3.37. The maximum atomic E-state index is 11.7. The van der Waals surface area contributed by atoms with Crippen LogP contribution in [0, 0.1) is 6.92 Å². The highest BCUT2D eigenvalue weighted by molar-refractivity contribution is 9.10. The van der Waals surface area contributed by atoms with Crippen LogP contribution in [0.3, 0.4) is 0 Å². The predicted molar refractivity (Wildman–Crippen MR) is 84.2 cm³/mol. The van der Waals surface area contributed by atoms with Gasteiger partial charge >= 0.3 is 0 Å². The van der Waals surface area contributed by atoms with Gasteiger partial charge in [0, 0.05) is 4.47 Å². The van der Waals surface area contributed by atoms with Crippen LogP contribution >= 0.6 is 15.9 Å². The van der Waals surface area contributed by atoms with Gasteiger partial charge in [-0.05, 0) is 47.0 Å². The van der Waals surface area contributed by atoms with E-state index in [0.717, 1.165) is 16.5 Å². The Morgan fingerprint density at radius 3 is 2.65 bits per heavy atom. The third kappa shape index (κ3) is 6.02. The first-order chi connectivity index (χ1) is 9.34. The van der Waals surface area contributed by atoms with Crippen molar-refractivity contribution >= 4 is 37.5 Å². The molecule has 0 aromatic heterocycles. The number of carbonyl (C=O) groups is 1. The minimum absolute atomic E-state index is 0.0466. The summed E-state index contributed by atoms with van der Waals surface area (Å²) in [6.45, 7) is 3.60. The first kappa shape index (κ1) is 17.1. The molecule has 0 aliphatic carbocycles. The highest BCUT2D eigenvalue weighted by atomic mass is 79.9. The smallest absolute Gasteiger partial charge is 0.239 e. The van der Waals surface area contributed by atoms with Gasteiger partial charge in [-0.1, -0.05) is 19.4 Å². The average molecular weight is 363 g/mol. The Morgan fingerprint density at radius 2 is 2.05 bits per heavy atom. The Morgan fingerprint density at radius 1 is 1.35 bits per heavy atom. The number of nitrogens with one attached hydrogen (secondary N) is 2. The van der Waals surface area contributed by atoms with Crippen molar-refractivity contribution in [3.8, 4) is 0 Å². The first-order valence-corrected chi connectivity index (χ1v) is 8.82. The van der Waals surface area contributed by atoms with Crippen molar-refractivity contribution in [1.82, 2.24) is 4.72 Å². The summed E-state index contributed by atoms with van der Waals surface area (Å²) >= 11 is 3.35. The van der Waals surface area contributed by atoms with E-state index in [1.807, 2.05) is 26.0 Å². The molecular formula is C13H19BrN2O3S. The van der Waals surface area contributed by atoms with Crippen molar-refractivity contribution < 1.29 is 13.2 Å². The molecule has 112 valence electrons. The van der Waals surface area contributed by atoms with Gasteiger partial charge in [-0.15, -0.1) is 0 Å². The molecule has 1 aromatic carbocycles. The van der Waals surface area contributed by atoms with Crippen molar-refractivity contribution in [3.05, 3.63) is 28.2 Å². The number of hydrogen-bond donors (Lipinski definition) is 2. The maximum absolute atomic E-state index is 11.7. The van der Waals surface area contributed by atoms with Gasteiger partial charge in [0.1, 0.15) is 0 Å². The number of anilines is 1. The molecule has 0 radical (unpaired) electrons. The third-order valence-electron chi connectivity index (χ3n) is 2.62. The van der Waals surface area contributed by atoms with Crippen molar-refractivity contribution in [3.63, 3.8) is 0 Å². The van der Waals surface area contributed by atoms with Gasteiger partial charge in [-0.25, -0.2) is 13.1 Å². The van der Waals surface area contributed by atoms with Gasteiger partial charge in [-0.3, -0.25) is 4.79 Å². The molecule has 1 aromatic rings. The van der Waals surface area contributed by atoms with E-state index in [0.29, 0.717) is 12.1 Å². The summed E-state index contributed by atoms with van der Waals surface area (Å²) in [5.41, 5.74) is 1.68. The Labute approximate surface area is 128 Å². The zero-order valence-corrected chi connectivity index (χ0v) is 14.0. The van der Waals surface area contributed by atoms with Crippen molar-refractivity contribution in [1.29, 1.82) is 0 Å². The quantitative estimate of drug-likeness (QED) is 0.781. The lowest BCUT2D eigenvalue weighted by molar-refractivity contribution is -0.115. The van der Waals surface area contributed by atoms with Crippen LogP contribution in [-0.4, -0.2) is 26.6 Å². The summed E-state index contributed by atoms with van der Waals surface area (Å²) in [6.07, 6.45) is 1.38. The number of rotatable bonds is 7. The average Bonchev–Trinajstić information content (AvgIpc) is 2.38. The van der Waals surface area contributed by atoms with E-state index in [-0.39, 0.29) is 12.3 Å². The van der Waals surface area contributed by atoms with Crippen LogP contribution in [0.25, 0.3) is 0 Å². The van der Waals surface area contributed by atoms with E-state index in [2.05, 4.69) is 26.0 Å². The van der Waals surface area contributed by atoms with Crippen molar-refractivity contribution in [2.45, 2.75) is 26.7 Å². The summed E-state index contributed by atoms with van der Waals surface area (Å²) < 4.78 is 26.2. The number of unbranched alkanes of at least 4 members (excludes halogenated alkanes) is 1. The van der Waals surface area contributed by atoms with Gasteiger partial charge in [0.25, 0.3) is 0 Å².